The van der Waals surface area contributed by atoms with E-state index < -0.39 is 0 Å². The Labute approximate surface area is 96.4 Å². The van der Waals surface area contributed by atoms with Crippen LogP contribution in [0.1, 0.15) is 41.0 Å². The molecule has 0 aromatic rings. The minimum atomic E-state index is 0.759. The highest BCUT2D eigenvalue weighted by Gasteiger charge is 2.06. The maximum absolute atomic E-state index is 3.50. The predicted molar refractivity (Wildman–Crippen MR) is 69.3 cm³/mol. The molecule has 0 aromatic heterocycles. The highest BCUT2D eigenvalue weighted by molar-refractivity contribution is 4.62. The largest absolute Gasteiger partial charge is 0.315 e. The maximum atomic E-state index is 3.50. The second-order valence-corrected chi connectivity index (χ2v) is 5.00. The number of nitrogens with one attached hydrogen (secondary N) is 1. The van der Waals surface area contributed by atoms with Gasteiger partial charge in [0.2, 0.25) is 0 Å². The van der Waals surface area contributed by atoms with Gasteiger partial charge in [-0.05, 0) is 24.9 Å². The third-order valence-electron chi connectivity index (χ3n) is 2.87. The SMILES string of the molecule is CCC(C)CN(CC)CCNCC(C)C. The van der Waals surface area contributed by atoms with E-state index in [-0.39, 0.29) is 0 Å². The summed E-state index contributed by atoms with van der Waals surface area (Å²) < 4.78 is 0. The monoisotopic (exact) mass is 214 g/mol. The van der Waals surface area contributed by atoms with Crippen molar-refractivity contribution in [1.82, 2.24) is 10.2 Å². The van der Waals surface area contributed by atoms with Crippen molar-refractivity contribution < 1.29 is 0 Å². The van der Waals surface area contributed by atoms with Gasteiger partial charge in [0, 0.05) is 19.6 Å². The van der Waals surface area contributed by atoms with Gasteiger partial charge < -0.3 is 10.2 Å². The molecule has 0 saturated carbocycles. The fraction of sp³-hybridized carbons (Fsp3) is 1.00. The van der Waals surface area contributed by atoms with Gasteiger partial charge in [-0.25, -0.2) is 0 Å². The van der Waals surface area contributed by atoms with Gasteiger partial charge in [-0.15, -0.1) is 0 Å². The Morgan fingerprint density at radius 3 is 2.27 bits per heavy atom. The lowest BCUT2D eigenvalue weighted by atomic mass is 10.1. The van der Waals surface area contributed by atoms with Gasteiger partial charge >= 0.3 is 0 Å². The Hall–Kier alpha value is -0.0800. The second-order valence-electron chi connectivity index (χ2n) is 5.00. The molecule has 0 aliphatic carbocycles. The first kappa shape index (κ1) is 14.9. The minimum absolute atomic E-state index is 0.759. The summed E-state index contributed by atoms with van der Waals surface area (Å²) in [6, 6.07) is 0. The smallest absolute Gasteiger partial charge is 0.0107 e. The Morgan fingerprint density at radius 2 is 1.80 bits per heavy atom. The van der Waals surface area contributed by atoms with E-state index in [1.807, 2.05) is 0 Å². The van der Waals surface area contributed by atoms with Crippen LogP contribution >= 0.6 is 0 Å². The molecule has 0 aliphatic rings. The van der Waals surface area contributed by atoms with Crippen LogP contribution in [0.4, 0.5) is 0 Å². The fourth-order valence-electron chi connectivity index (χ4n) is 1.58. The highest BCUT2D eigenvalue weighted by atomic mass is 15.1. The summed E-state index contributed by atoms with van der Waals surface area (Å²) in [7, 11) is 0. The maximum Gasteiger partial charge on any atom is 0.0107 e. The molecule has 0 amide bonds. The molecule has 0 rings (SSSR count). The summed E-state index contributed by atoms with van der Waals surface area (Å²) in [6.07, 6.45) is 1.29. The molecular formula is C13H30N2. The van der Waals surface area contributed by atoms with E-state index in [9.17, 15) is 0 Å². The Kier molecular flexibility index (Phi) is 9.12. The van der Waals surface area contributed by atoms with Crippen LogP contribution in [0.5, 0.6) is 0 Å². The molecule has 1 unspecified atom stereocenters. The normalized spacial score (nSPS) is 13.8. The summed E-state index contributed by atoms with van der Waals surface area (Å²) in [4.78, 5) is 2.54. The summed E-state index contributed by atoms with van der Waals surface area (Å²) in [5.74, 6) is 1.59. The molecule has 0 aromatic carbocycles. The van der Waals surface area contributed by atoms with Crippen molar-refractivity contribution in [3.63, 3.8) is 0 Å². The molecule has 1 N–H and O–H groups in total. The minimum Gasteiger partial charge on any atom is -0.315 e. The first-order valence-corrected chi connectivity index (χ1v) is 6.53. The van der Waals surface area contributed by atoms with Gasteiger partial charge in [-0.2, -0.15) is 0 Å². The first-order valence-electron chi connectivity index (χ1n) is 6.53. The van der Waals surface area contributed by atoms with E-state index in [0.29, 0.717) is 0 Å². The van der Waals surface area contributed by atoms with Crippen molar-refractivity contribution in [1.29, 1.82) is 0 Å². The van der Waals surface area contributed by atoms with Crippen LogP contribution in [-0.4, -0.2) is 37.6 Å². The molecule has 92 valence electrons. The molecular weight excluding hydrogens is 184 g/mol. The zero-order chi connectivity index (χ0) is 11.7. The molecule has 0 aliphatic heterocycles. The zero-order valence-corrected chi connectivity index (χ0v) is 11.3. The molecule has 0 radical (unpaired) electrons. The van der Waals surface area contributed by atoms with E-state index in [1.165, 1.54) is 26.1 Å². The molecule has 0 saturated heterocycles. The van der Waals surface area contributed by atoms with E-state index >= 15 is 0 Å². The van der Waals surface area contributed by atoms with Crippen molar-refractivity contribution in [3.8, 4) is 0 Å². The van der Waals surface area contributed by atoms with Gasteiger partial charge in [-0.1, -0.05) is 41.0 Å². The number of hydrogen-bond donors (Lipinski definition) is 1. The van der Waals surface area contributed by atoms with E-state index in [1.54, 1.807) is 0 Å². The average molecular weight is 214 g/mol. The Bertz CT molecular complexity index is 134. The molecule has 1 atom stereocenters. The highest BCUT2D eigenvalue weighted by Crippen LogP contribution is 2.03. The van der Waals surface area contributed by atoms with Crippen molar-refractivity contribution in [2.45, 2.75) is 41.0 Å². The summed E-state index contributed by atoms with van der Waals surface area (Å²) >= 11 is 0. The van der Waals surface area contributed by atoms with Gasteiger partial charge in [0.25, 0.3) is 0 Å². The fourth-order valence-corrected chi connectivity index (χ4v) is 1.58. The van der Waals surface area contributed by atoms with E-state index in [4.69, 9.17) is 0 Å². The lowest BCUT2D eigenvalue weighted by Gasteiger charge is -2.24. The number of rotatable bonds is 9. The molecule has 2 nitrogen and oxygen atoms in total. The third-order valence-corrected chi connectivity index (χ3v) is 2.87. The number of hydrogen-bond acceptors (Lipinski definition) is 2. The van der Waals surface area contributed by atoms with Crippen LogP contribution in [0, 0.1) is 11.8 Å². The second kappa shape index (κ2) is 9.17. The molecule has 0 spiro atoms. The van der Waals surface area contributed by atoms with Crippen molar-refractivity contribution in [3.05, 3.63) is 0 Å². The van der Waals surface area contributed by atoms with E-state index in [0.717, 1.165) is 24.9 Å². The van der Waals surface area contributed by atoms with Crippen molar-refractivity contribution in [2.24, 2.45) is 11.8 Å². The Morgan fingerprint density at radius 1 is 1.13 bits per heavy atom. The van der Waals surface area contributed by atoms with Crippen LogP contribution in [0.2, 0.25) is 0 Å². The summed E-state index contributed by atoms with van der Waals surface area (Å²) in [5, 5.41) is 3.50. The standard InChI is InChI=1S/C13H30N2/c1-6-13(5)11-15(7-2)9-8-14-10-12(3)4/h12-14H,6-11H2,1-5H3. The van der Waals surface area contributed by atoms with Gasteiger partial charge in [0.15, 0.2) is 0 Å². The molecule has 2 heteroatoms. The van der Waals surface area contributed by atoms with Crippen LogP contribution in [0.25, 0.3) is 0 Å². The van der Waals surface area contributed by atoms with Crippen LogP contribution < -0.4 is 5.32 Å². The Balaban J connectivity index is 3.52. The predicted octanol–water partition coefficient (Wildman–Crippen LogP) is 2.60. The molecule has 0 bridgehead atoms. The number of likely N-dealkylation sites (N-methyl/N-ethyl adjacent to an activating group) is 1. The topological polar surface area (TPSA) is 15.3 Å². The summed E-state index contributed by atoms with van der Waals surface area (Å²) in [6.45, 7) is 17.2. The zero-order valence-electron chi connectivity index (χ0n) is 11.3. The first-order chi connectivity index (χ1) is 7.10. The molecule has 0 heterocycles. The van der Waals surface area contributed by atoms with Crippen LogP contribution in [0.15, 0.2) is 0 Å². The van der Waals surface area contributed by atoms with E-state index in [2.05, 4.69) is 44.8 Å². The van der Waals surface area contributed by atoms with Gasteiger partial charge in [-0.3, -0.25) is 0 Å². The summed E-state index contributed by atoms with van der Waals surface area (Å²) in [5.41, 5.74) is 0. The van der Waals surface area contributed by atoms with Gasteiger partial charge in [0.05, 0.1) is 0 Å². The van der Waals surface area contributed by atoms with Crippen molar-refractivity contribution in [2.75, 3.05) is 32.7 Å². The lowest BCUT2D eigenvalue weighted by Crippen LogP contribution is -2.35. The van der Waals surface area contributed by atoms with Crippen molar-refractivity contribution >= 4 is 0 Å². The lowest BCUT2D eigenvalue weighted by molar-refractivity contribution is 0.245. The quantitative estimate of drug-likeness (QED) is 0.594. The third kappa shape index (κ3) is 8.88. The molecule has 0 fully saturated rings. The van der Waals surface area contributed by atoms with Gasteiger partial charge in [0.1, 0.15) is 0 Å². The van der Waals surface area contributed by atoms with Crippen LogP contribution in [0.3, 0.4) is 0 Å². The molecule has 15 heavy (non-hydrogen) atoms. The van der Waals surface area contributed by atoms with Crippen LogP contribution in [-0.2, 0) is 0 Å². The average Bonchev–Trinajstić information content (AvgIpc) is 2.21. The number of nitrogens with zero attached hydrogens (tertiary/aromatic N) is 1.